The Kier molecular flexibility index (Phi) is 3.73. The lowest BCUT2D eigenvalue weighted by atomic mass is 10.2. The lowest BCUT2D eigenvalue weighted by Crippen LogP contribution is -2.08. The number of anilines is 1. The summed E-state index contributed by atoms with van der Waals surface area (Å²) in [6.45, 7) is 4.05. The van der Waals surface area contributed by atoms with E-state index in [0.29, 0.717) is 17.4 Å². The number of benzene rings is 1. The van der Waals surface area contributed by atoms with Gasteiger partial charge in [-0.25, -0.2) is 4.39 Å². The Hall–Kier alpha value is -1.01. The SMILES string of the molecule is CC(C)Nc1nc(-c2cc(F)ccc2Br)ns1. The van der Waals surface area contributed by atoms with Gasteiger partial charge in [0.2, 0.25) is 5.13 Å². The normalized spacial score (nSPS) is 10.9. The van der Waals surface area contributed by atoms with Crippen LogP contribution in [0.2, 0.25) is 0 Å². The Morgan fingerprint density at radius 2 is 2.18 bits per heavy atom. The molecular formula is C11H11BrFN3S. The smallest absolute Gasteiger partial charge is 0.203 e. The van der Waals surface area contributed by atoms with Crippen LogP contribution >= 0.6 is 27.5 Å². The number of hydrogen-bond acceptors (Lipinski definition) is 4. The quantitative estimate of drug-likeness (QED) is 0.932. The van der Waals surface area contributed by atoms with Gasteiger partial charge in [0.05, 0.1) is 0 Å². The maximum Gasteiger partial charge on any atom is 0.203 e. The lowest BCUT2D eigenvalue weighted by molar-refractivity contribution is 0.628. The number of rotatable bonds is 3. The largest absolute Gasteiger partial charge is 0.358 e. The molecule has 2 rings (SSSR count). The number of nitrogens with one attached hydrogen (secondary N) is 1. The van der Waals surface area contributed by atoms with Gasteiger partial charge in [-0.1, -0.05) is 15.9 Å². The highest BCUT2D eigenvalue weighted by Crippen LogP contribution is 2.29. The minimum Gasteiger partial charge on any atom is -0.358 e. The first-order valence-corrected chi connectivity index (χ1v) is 6.68. The number of hydrogen-bond donors (Lipinski definition) is 1. The van der Waals surface area contributed by atoms with Gasteiger partial charge in [-0.3, -0.25) is 0 Å². The molecule has 0 saturated carbocycles. The third-order valence-corrected chi connectivity index (χ3v) is 3.35. The molecule has 1 N–H and O–H groups in total. The van der Waals surface area contributed by atoms with Crippen molar-refractivity contribution in [3.05, 3.63) is 28.5 Å². The molecule has 17 heavy (non-hydrogen) atoms. The van der Waals surface area contributed by atoms with Gasteiger partial charge in [-0.2, -0.15) is 9.36 Å². The molecule has 0 aliphatic heterocycles. The summed E-state index contributed by atoms with van der Waals surface area (Å²) in [6.07, 6.45) is 0. The number of nitrogens with zero attached hydrogens (tertiary/aromatic N) is 2. The van der Waals surface area contributed by atoms with Crippen molar-refractivity contribution in [3.8, 4) is 11.4 Å². The van der Waals surface area contributed by atoms with Crippen LogP contribution in [0.5, 0.6) is 0 Å². The van der Waals surface area contributed by atoms with Crippen LogP contribution in [-0.2, 0) is 0 Å². The number of aromatic nitrogens is 2. The molecule has 1 aromatic heterocycles. The van der Waals surface area contributed by atoms with Gasteiger partial charge in [-0.05, 0) is 32.0 Å². The van der Waals surface area contributed by atoms with Crippen molar-refractivity contribution in [2.45, 2.75) is 19.9 Å². The molecular weight excluding hydrogens is 305 g/mol. The predicted octanol–water partition coefficient (Wildman–Crippen LogP) is 3.93. The molecule has 90 valence electrons. The first-order valence-electron chi connectivity index (χ1n) is 5.12. The second kappa shape index (κ2) is 5.10. The Labute approximate surface area is 111 Å². The average molecular weight is 316 g/mol. The minimum absolute atomic E-state index is 0.295. The van der Waals surface area contributed by atoms with Crippen molar-refractivity contribution < 1.29 is 4.39 Å². The molecule has 0 aliphatic carbocycles. The van der Waals surface area contributed by atoms with Crippen LogP contribution in [0.25, 0.3) is 11.4 Å². The van der Waals surface area contributed by atoms with E-state index in [1.54, 1.807) is 6.07 Å². The molecule has 0 spiro atoms. The summed E-state index contributed by atoms with van der Waals surface area (Å²) in [5.74, 6) is 0.237. The van der Waals surface area contributed by atoms with Gasteiger partial charge >= 0.3 is 0 Å². The third kappa shape index (κ3) is 3.01. The van der Waals surface area contributed by atoms with Crippen molar-refractivity contribution in [2.24, 2.45) is 0 Å². The molecule has 0 saturated heterocycles. The lowest BCUT2D eigenvalue weighted by Gasteiger charge is -2.03. The molecule has 1 heterocycles. The molecule has 0 amide bonds. The highest BCUT2D eigenvalue weighted by atomic mass is 79.9. The third-order valence-electron chi connectivity index (χ3n) is 2.01. The van der Waals surface area contributed by atoms with Crippen LogP contribution in [-0.4, -0.2) is 15.4 Å². The zero-order valence-electron chi connectivity index (χ0n) is 9.37. The van der Waals surface area contributed by atoms with Crippen LogP contribution in [0.1, 0.15) is 13.8 Å². The summed E-state index contributed by atoms with van der Waals surface area (Å²) >= 11 is 4.64. The van der Waals surface area contributed by atoms with Crippen molar-refractivity contribution in [3.63, 3.8) is 0 Å². The molecule has 1 aromatic carbocycles. The van der Waals surface area contributed by atoms with Gasteiger partial charge in [0, 0.05) is 27.6 Å². The first kappa shape index (κ1) is 12.4. The van der Waals surface area contributed by atoms with E-state index in [1.165, 1.54) is 23.7 Å². The minimum atomic E-state index is -0.295. The van der Waals surface area contributed by atoms with Crippen LogP contribution in [0.3, 0.4) is 0 Å². The summed E-state index contributed by atoms with van der Waals surface area (Å²) in [7, 11) is 0. The second-order valence-electron chi connectivity index (χ2n) is 3.85. The summed E-state index contributed by atoms with van der Waals surface area (Å²) in [4.78, 5) is 4.32. The van der Waals surface area contributed by atoms with E-state index in [0.717, 1.165) is 9.60 Å². The van der Waals surface area contributed by atoms with Gasteiger partial charge in [0.1, 0.15) is 5.82 Å². The molecule has 0 fully saturated rings. The van der Waals surface area contributed by atoms with Gasteiger partial charge in [0.25, 0.3) is 0 Å². The summed E-state index contributed by atoms with van der Waals surface area (Å²) in [5, 5.41) is 3.91. The fourth-order valence-electron chi connectivity index (χ4n) is 1.31. The van der Waals surface area contributed by atoms with E-state index in [4.69, 9.17) is 0 Å². The van der Waals surface area contributed by atoms with E-state index >= 15 is 0 Å². The van der Waals surface area contributed by atoms with E-state index in [2.05, 4.69) is 30.6 Å². The van der Waals surface area contributed by atoms with Crippen molar-refractivity contribution in [1.29, 1.82) is 0 Å². The summed E-state index contributed by atoms with van der Waals surface area (Å²) in [6, 6.07) is 4.77. The summed E-state index contributed by atoms with van der Waals surface area (Å²) < 4.78 is 18.2. The van der Waals surface area contributed by atoms with Gasteiger partial charge < -0.3 is 5.32 Å². The number of halogens is 2. The Bertz CT molecular complexity index is 527. The first-order chi connectivity index (χ1) is 8.06. The van der Waals surface area contributed by atoms with Crippen molar-refractivity contribution in [2.75, 3.05) is 5.32 Å². The van der Waals surface area contributed by atoms with Gasteiger partial charge in [-0.15, -0.1) is 0 Å². The molecule has 3 nitrogen and oxygen atoms in total. The second-order valence-corrected chi connectivity index (χ2v) is 5.45. The van der Waals surface area contributed by atoms with Crippen LogP contribution in [0, 0.1) is 5.82 Å². The van der Waals surface area contributed by atoms with Crippen LogP contribution in [0.15, 0.2) is 22.7 Å². The molecule has 0 atom stereocenters. The fraction of sp³-hybridized carbons (Fsp3) is 0.273. The standard InChI is InChI=1S/C11H11BrFN3S/c1-6(2)14-11-15-10(16-17-11)8-5-7(13)3-4-9(8)12/h3-6H,1-2H3,(H,14,15,16). The molecule has 0 unspecified atom stereocenters. The highest BCUT2D eigenvalue weighted by molar-refractivity contribution is 9.10. The molecule has 6 heteroatoms. The summed E-state index contributed by atoms with van der Waals surface area (Å²) in [5.41, 5.74) is 0.665. The van der Waals surface area contributed by atoms with E-state index in [-0.39, 0.29) is 5.82 Å². The van der Waals surface area contributed by atoms with Gasteiger partial charge in [0.15, 0.2) is 5.82 Å². The van der Waals surface area contributed by atoms with Crippen molar-refractivity contribution >= 4 is 32.6 Å². The topological polar surface area (TPSA) is 37.8 Å². The maximum atomic E-state index is 13.2. The monoisotopic (exact) mass is 315 g/mol. The molecule has 0 radical (unpaired) electrons. The molecule has 0 aliphatic rings. The Morgan fingerprint density at radius 1 is 1.41 bits per heavy atom. The Morgan fingerprint density at radius 3 is 2.88 bits per heavy atom. The highest BCUT2D eigenvalue weighted by Gasteiger charge is 2.11. The maximum absolute atomic E-state index is 13.2. The zero-order valence-corrected chi connectivity index (χ0v) is 11.8. The fourth-order valence-corrected chi connectivity index (χ4v) is 2.46. The van der Waals surface area contributed by atoms with Crippen molar-refractivity contribution in [1.82, 2.24) is 9.36 Å². The predicted molar refractivity (Wildman–Crippen MR) is 71.8 cm³/mol. The van der Waals surface area contributed by atoms with E-state index in [1.807, 2.05) is 13.8 Å². The van der Waals surface area contributed by atoms with E-state index < -0.39 is 0 Å². The zero-order chi connectivity index (χ0) is 12.4. The van der Waals surface area contributed by atoms with E-state index in [9.17, 15) is 4.39 Å². The Balaban J connectivity index is 2.33. The average Bonchev–Trinajstić information content (AvgIpc) is 2.69. The molecule has 2 aromatic rings. The molecule has 0 bridgehead atoms. The van der Waals surface area contributed by atoms with Crippen LogP contribution < -0.4 is 5.32 Å². The van der Waals surface area contributed by atoms with Crippen LogP contribution in [0.4, 0.5) is 9.52 Å².